The molecule has 13 heteroatoms. The Hall–Kier alpha value is -3.30. The topological polar surface area (TPSA) is 202 Å². The number of aliphatic hydroxyl groups is 5. The summed E-state index contributed by atoms with van der Waals surface area (Å²) in [5.41, 5.74) is 0.912. The fourth-order valence-electron chi connectivity index (χ4n) is 4.80. The Morgan fingerprint density at radius 3 is 2.36 bits per heavy atom. The van der Waals surface area contributed by atoms with Crippen LogP contribution in [0.1, 0.15) is 5.56 Å². The van der Waals surface area contributed by atoms with E-state index in [1.54, 1.807) is 12.1 Å². The maximum Gasteiger partial charge on any atom is 0.337 e. The van der Waals surface area contributed by atoms with Gasteiger partial charge in [0.1, 0.15) is 36.3 Å². The molecule has 9 atom stereocenters. The van der Waals surface area contributed by atoms with Gasteiger partial charge >= 0.3 is 11.9 Å². The second-order valence-corrected chi connectivity index (χ2v) is 9.18. The van der Waals surface area contributed by atoms with E-state index in [-0.39, 0.29) is 11.3 Å². The van der Waals surface area contributed by atoms with Crippen molar-refractivity contribution in [1.82, 2.24) is 0 Å². The smallest absolute Gasteiger partial charge is 0.337 e. The maximum atomic E-state index is 12.7. The summed E-state index contributed by atoms with van der Waals surface area (Å²) in [6, 6.07) is 6.08. The fraction of sp³-hybridized carbons (Fsp3) is 0.462. The Balaban J connectivity index is 1.56. The van der Waals surface area contributed by atoms with Crippen molar-refractivity contribution in [2.75, 3.05) is 20.3 Å². The van der Waals surface area contributed by atoms with Gasteiger partial charge in [0.15, 0.2) is 6.29 Å². The normalized spacial score (nSPS) is 34.1. The number of aromatic hydroxyl groups is 1. The minimum absolute atomic E-state index is 0.00355. The van der Waals surface area contributed by atoms with Gasteiger partial charge in [0.25, 0.3) is 0 Å². The largest absolute Gasteiger partial charge is 0.508 e. The van der Waals surface area contributed by atoms with Crippen molar-refractivity contribution >= 4 is 18.0 Å². The molecule has 1 fully saturated rings. The molecule has 39 heavy (non-hydrogen) atoms. The average molecular weight is 551 g/mol. The number of methoxy groups -OCH3 is 1. The van der Waals surface area contributed by atoms with Gasteiger partial charge < -0.3 is 54.3 Å². The Labute approximate surface area is 222 Å². The predicted octanol–water partition coefficient (Wildman–Crippen LogP) is -1.29. The molecule has 3 aliphatic rings. The van der Waals surface area contributed by atoms with Crippen LogP contribution in [0.2, 0.25) is 0 Å². The summed E-state index contributed by atoms with van der Waals surface area (Å²) in [5, 5.41) is 59.5. The first kappa shape index (κ1) is 28.7. The lowest BCUT2D eigenvalue weighted by molar-refractivity contribution is -0.340. The molecule has 1 aromatic rings. The molecule has 0 spiro atoms. The van der Waals surface area contributed by atoms with E-state index in [9.17, 15) is 40.2 Å². The number of ether oxygens (including phenoxy) is 5. The van der Waals surface area contributed by atoms with Crippen LogP contribution in [-0.2, 0) is 33.3 Å². The average Bonchev–Trinajstić information content (AvgIpc) is 3.31. The number of carbonyl (C=O) groups is 2. The van der Waals surface area contributed by atoms with E-state index >= 15 is 0 Å². The first-order valence-electron chi connectivity index (χ1n) is 12.1. The van der Waals surface area contributed by atoms with Gasteiger partial charge in [-0.2, -0.15) is 0 Å². The molecular formula is C26H30O13. The number of hydrogen-bond acceptors (Lipinski definition) is 13. The van der Waals surface area contributed by atoms with E-state index in [1.807, 2.05) is 0 Å². The van der Waals surface area contributed by atoms with E-state index in [0.717, 1.165) is 19.4 Å². The molecular weight excluding hydrogens is 520 g/mol. The number of hydrogen-bond donors (Lipinski definition) is 6. The minimum atomic E-state index is -1.72. The third kappa shape index (κ3) is 5.99. The van der Waals surface area contributed by atoms with Crippen molar-refractivity contribution in [3.63, 3.8) is 0 Å². The Bertz CT molecular complexity index is 1130. The third-order valence-corrected chi connectivity index (χ3v) is 6.81. The van der Waals surface area contributed by atoms with Gasteiger partial charge in [0, 0.05) is 12.0 Å². The van der Waals surface area contributed by atoms with E-state index < -0.39 is 80.1 Å². The zero-order valence-corrected chi connectivity index (χ0v) is 20.8. The van der Waals surface area contributed by atoms with Gasteiger partial charge in [-0.15, -0.1) is 0 Å². The fourth-order valence-corrected chi connectivity index (χ4v) is 4.80. The van der Waals surface area contributed by atoms with Crippen LogP contribution in [0.15, 0.2) is 53.8 Å². The SMILES string of the molecule is COC(=O)C1=CO[C@@H](O[C@@H]2O[C@H](CO)[C@@H](O)[C@H](O)[C@H]2O)[C@@H]2C(CO)=C[C@H](OC(=O)/C=C/c3ccc(O)cc3)[C@H]12. The van der Waals surface area contributed by atoms with Gasteiger partial charge in [-0.05, 0) is 35.4 Å². The first-order valence-corrected chi connectivity index (χ1v) is 12.1. The van der Waals surface area contributed by atoms with E-state index in [4.69, 9.17) is 23.7 Å². The highest BCUT2D eigenvalue weighted by Crippen LogP contribution is 2.45. The molecule has 2 aliphatic heterocycles. The summed E-state index contributed by atoms with van der Waals surface area (Å²) < 4.78 is 27.2. The third-order valence-electron chi connectivity index (χ3n) is 6.81. The van der Waals surface area contributed by atoms with Crippen molar-refractivity contribution in [1.29, 1.82) is 0 Å². The van der Waals surface area contributed by atoms with Gasteiger partial charge in [0.05, 0.1) is 38.1 Å². The second kappa shape index (κ2) is 12.3. The van der Waals surface area contributed by atoms with E-state index in [2.05, 4.69) is 0 Å². The summed E-state index contributed by atoms with van der Waals surface area (Å²) in [7, 11) is 1.16. The number of rotatable bonds is 8. The van der Waals surface area contributed by atoms with Crippen LogP contribution in [0.4, 0.5) is 0 Å². The molecule has 13 nitrogen and oxygen atoms in total. The minimum Gasteiger partial charge on any atom is -0.508 e. The molecule has 0 aromatic heterocycles. The van der Waals surface area contributed by atoms with Gasteiger partial charge in [0.2, 0.25) is 6.29 Å². The highest BCUT2D eigenvalue weighted by molar-refractivity contribution is 5.90. The molecule has 0 amide bonds. The van der Waals surface area contributed by atoms with Crippen LogP contribution in [0, 0.1) is 11.8 Å². The predicted molar refractivity (Wildman–Crippen MR) is 129 cm³/mol. The molecule has 0 radical (unpaired) electrons. The molecule has 212 valence electrons. The van der Waals surface area contributed by atoms with Crippen LogP contribution >= 0.6 is 0 Å². The molecule has 2 heterocycles. The number of phenolic OH excluding ortho intramolecular Hbond substituents is 1. The number of phenols is 1. The summed E-state index contributed by atoms with van der Waals surface area (Å²) >= 11 is 0. The number of aliphatic hydroxyl groups excluding tert-OH is 5. The standard InChI is InChI=1S/C26H30O13/c1-35-24(34)15-11-36-25(39-26-23(33)22(32)21(31)17(10-28)38-26)19-13(9-27)8-16(20(15)19)37-18(30)7-4-12-2-5-14(29)6-3-12/h2-8,11,16-17,19-23,25-29,31-33H,9-10H2,1H3/b7-4+/t16-,17+,19+,20-,21+,22-,23+,25-,26-/m0/s1. The van der Waals surface area contributed by atoms with Crippen molar-refractivity contribution in [2.24, 2.45) is 11.8 Å². The van der Waals surface area contributed by atoms with Gasteiger partial charge in [-0.1, -0.05) is 12.1 Å². The van der Waals surface area contributed by atoms with Crippen molar-refractivity contribution in [3.05, 3.63) is 59.4 Å². The lowest BCUT2D eigenvalue weighted by Gasteiger charge is -2.43. The highest BCUT2D eigenvalue weighted by atomic mass is 16.8. The van der Waals surface area contributed by atoms with Crippen molar-refractivity contribution in [2.45, 2.75) is 43.1 Å². The zero-order valence-electron chi connectivity index (χ0n) is 20.8. The molecule has 0 bridgehead atoms. The summed E-state index contributed by atoms with van der Waals surface area (Å²) in [4.78, 5) is 25.2. The molecule has 4 rings (SSSR count). The van der Waals surface area contributed by atoms with Crippen molar-refractivity contribution < 1.29 is 63.9 Å². The van der Waals surface area contributed by atoms with Crippen LogP contribution in [0.3, 0.4) is 0 Å². The molecule has 0 saturated carbocycles. The summed E-state index contributed by atoms with van der Waals surface area (Å²) in [5.74, 6) is -3.31. The van der Waals surface area contributed by atoms with Gasteiger partial charge in [-0.25, -0.2) is 9.59 Å². The Morgan fingerprint density at radius 2 is 1.72 bits per heavy atom. The number of carbonyl (C=O) groups excluding carboxylic acids is 2. The van der Waals surface area contributed by atoms with Crippen LogP contribution in [0.5, 0.6) is 5.75 Å². The van der Waals surface area contributed by atoms with Crippen LogP contribution in [0.25, 0.3) is 6.08 Å². The van der Waals surface area contributed by atoms with Crippen LogP contribution < -0.4 is 0 Å². The molecule has 1 aliphatic carbocycles. The molecule has 6 N–H and O–H groups in total. The maximum absolute atomic E-state index is 12.7. The van der Waals surface area contributed by atoms with E-state index in [0.29, 0.717) is 11.1 Å². The summed E-state index contributed by atoms with van der Waals surface area (Å²) in [6.07, 6.45) is -5.04. The zero-order chi connectivity index (χ0) is 28.3. The van der Waals surface area contributed by atoms with E-state index in [1.165, 1.54) is 24.3 Å². The van der Waals surface area contributed by atoms with Crippen LogP contribution in [-0.4, -0.2) is 106 Å². The number of fused-ring (bicyclic) bond motifs is 1. The second-order valence-electron chi connectivity index (χ2n) is 9.18. The number of benzene rings is 1. The molecule has 1 saturated heterocycles. The monoisotopic (exact) mass is 550 g/mol. The Morgan fingerprint density at radius 1 is 1.00 bits per heavy atom. The Kier molecular flexibility index (Phi) is 9.02. The molecule has 1 aromatic carbocycles. The summed E-state index contributed by atoms with van der Waals surface area (Å²) in [6.45, 7) is -1.20. The first-order chi connectivity index (χ1) is 18.7. The van der Waals surface area contributed by atoms with Gasteiger partial charge in [-0.3, -0.25) is 0 Å². The highest BCUT2D eigenvalue weighted by Gasteiger charge is 2.53. The van der Waals surface area contributed by atoms with Crippen molar-refractivity contribution in [3.8, 4) is 5.75 Å². The number of esters is 2. The quantitative estimate of drug-likeness (QED) is 0.127. The lowest BCUT2D eigenvalue weighted by atomic mass is 9.82. The lowest BCUT2D eigenvalue weighted by Crippen LogP contribution is -2.60. The molecule has 0 unspecified atom stereocenters.